The van der Waals surface area contributed by atoms with E-state index in [0.717, 1.165) is 0 Å². The van der Waals surface area contributed by atoms with E-state index < -0.39 is 47.6 Å². The lowest BCUT2D eigenvalue weighted by atomic mass is 9.87. The summed E-state index contributed by atoms with van der Waals surface area (Å²) in [5.41, 5.74) is -5.93. The third-order valence-corrected chi connectivity index (χ3v) is 4.10. The second kappa shape index (κ2) is 9.79. The molecular formula is C15H24F10N2O. The first-order chi connectivity index (χ1) is 12.3. The number of hydrogen-bond acceptors (Lipinski definition) is 2. The number of alkyl halides is 10. The molecule has 28 heavy (non-hydrogen) atoms. The van der Waals surface area contributed by atoms with Crippen LogP contribution >= 0.6 is 0 Å². The molecule has 0 rings (SSSR count). The van der Waals surface area contributed by atoms with Gasteiger partial charge in [0, 0.05) is 19.4 Å². The Labute approximate surface area is 156 Å². The fourth-order valence-corrected chi connectivity index (χ4v) is 2.46. The molecule has 0 radical (unpaired) electrons. The predicted molar refractivity (Wildman–Crippen MR) is 81.8 cm³/mol. The third kappa shape index (κ3) is 9.12. The molecule has 1 N–H and O–H groups in total. The lowest BCUT2D eigenvalue weighted by Crippen LogP contribution is -2.55. The molecule has 13 heteroatoms. The quantitative estimate of drug-likeness (QED) is 0.211. The Morgan fingerprint density at radius 3 is 1.64 bits per heavy atom. The van der Waals surface area contributed by atoms with Crippen molar-refractivity contribution in [2.45, 2.75) is 56.3 Å². The number of halogens is 10. The molecule has 170 valence electrons. The van der Waals surface area contributed by atoms with Crippen LogP contribution in [0.1, 0.15) is 32.1 Å². The average Bonchev–Trinajstić information content (AvgIpc) is 2.43. The minimum atomic E-state index is -6.51. The summed E-state index contributed by atoms with van der Waals surface area (Å²) in [6.07, 6.45) is -22.1. The zero-order valence-electron chi connectivity index (χ0n) is 15.4. The first-order valence-electron chi connectivity index (χ1n) is 8.45. The fraction of sp³-hybridized carbons (Fsp3) is 1.00. The highest BCUT2D eigenvalue weighted by molar-refractivity contribution is 4.97. The van der Waals surface area contributed by atoms with Crippen LogP contribution in [-0.2, 0) is 0 Å². The van der Waals surface area contributed by atoms with E-state index in [0.29, 0.717) is 13.0 Å². The van der Waals surface area contributed by atoms with E-state index >= 15 is 0 Å². The van der Waals surface area contributed by atoms with E-state index in [4.69, 9.17) is 0 Å². The molecule has 0 saturated heterocycles. The van der Waals surface area contributed by atoms with Crippen molar-refractivity contribution in [1.29, 1.82) is 0 Å². The average molecular weight is 438 g/mol. The fourth-order valence-electron chi connectivity index (χ4n) is 2.46. The zero-order chi connectivity index (χ0) is 22.4. The van der Waals surface area contributed by atoms with Gasteiger partial charge in [0.1, 0.15) is 0 Å². The minimum Gasteiger partial charge on any atom is -0.633 e. The molecule has 0 aromatic carbocycles. The first kappa shape index (κ1) is 27.2. The summed E-state index contributed by atoms with van der Waals surface area (Å²) in [4.78, 5) is 0. The van der Waals surface area contributed by atoms with Crippen LogP contribution in [0.15, 0.2) is 0 Å². The van der Waals surface area contributed by atoms with Crippen molar-refractivity contribution in [3.05, 3.63) is 5.21 Å². The van der Waals surface area contributed by atoms with E-state index in [9.17, 15) is 49.1 Å². The van der Waals surface area contributed by atoms with Gasteiger partial charge in [-0.1, -0.05) is 6.42 Å². The summed E-state index contributed by atoms with van der Waals surface area (Å²) in [5, 5.41) is 14.1. The zero-order valence-corrected chi connectivity index (χ0v) is 15.4. The SMILES string of the molecule is C[N+](C)([O-])CCCNCCCCC(CC(F)(C(F)(F)F)C(F)(F)F)C(F)(F)F. The summed E-state index contributed by atoms with van der Waals surface area (Å²) in [5.74, 6) is -3.08. The molecule has 0 spiro atoms. The van der Waals surface area contributed by atoms with Crippen molar-refractivity contribution in [2.24, 2.45) is 5.92 Å². The van der Waals surface area contributed by atoms with Crippen LogP contribution in [0.3, 0.4) is 0 Å². The van der Waals surface area contributed by atoms with Crippen LogP contribution in [0.4, 0.5) is 43.9 Å². The van der Waals surface area contributed by atoms with E-state index in [1.807, 2.05) is 0 Å². The smallest absolute Gasteiger partial charge is 0.431 e. The Bertz CT molecular complexity index is 440. The Balaban J connectivity index is 4.67. The minimum absolute atomic E-state index is 0.0412. The van der Waals surface area contributed by atoms with Gasteiger partial charge in [-0.05, 0) is 19.4 Å². The van der Waals surface area contributed by atoms with E-state index in [1.54, 1.807) is 0 Å². The van der Waals surface area contributed by atoms with Gasteiger partial charge in [0.25, 0.3) is 5.67 Å². The van der Waals surface area contributed by atoms with Gasteiger partial charge in [0.05, 0.1) is 26.6 Å². The van der Waals surface area contributed by atoms with E-state index in [-0.39, 0.29) is 25.9 Å². The summed E-state index contributed by atoms with van der Waals surface area (Å²) < 4.78 is 127. The summed E-state index contributed by atoms with van der Waals surface area (Å²) in [6, 6.07) is 0. The number of hydroxylamine groups is 3. The molecule has 0 heterocycles. The number of hydrogen-bond donors (Lipinski definition) is 1. The van der Waals surface area contributed by atoms with E-state index in [2.05, 4.69) is 5.32 Å². The summed E-state index contributed by atoms with van der Waals surface area (Å²) in [6.45, 7) is 0.829. The maximum Gasteiger partial charge on any atom is 0.431 e. The lowest BCUT2D eigenvalue weighted by Gasteiger charge is -2.33. The van der Waals surface area contributed by atoms with Gasteiger partial charge in [0.2, 0.25) is 0 Å². The Morgan fingerprint density at radius 2 is 1.25 bits per heavy atom. The molecule has 0 aromatic heterocycles. The van der Waals surface area contributed by atoms with Crippen molar-refractivity contribution in [1.82, 2.24) is 5.32 Å². The number of quaternary nitrogens is 1. The van der Waals surface area contributed by atoms with Gasteiger partial charge >= 0.3 is 18.5 Å². The van der Waals surface area contributed by atoms with Gasteiger partial charge in [-0.3, -0.25) is 0 Å². The maximum absolute atomic E-state index is 13.6. The molecule has 1 atom stereocenters. The molecule has 0 aliphatic carbocycles. The normalized spacial score (nSPS) is 15.8. The highest BCUT2D eigenvalue weighted by atomic mass is 19.4. The summed E-state index contributed by atoms with van der Waals surface area (Å²) >= 11 is 0. The number of rotatable bonds is 11. The number of nitrogens with one attached hydrogen (secondary N) is 1. The Morgan fingerprint density at radius 1 is 0.786 bits per heavy atom. The van der Waals surface area contributed by atoms with Crippen molar-refractivity contribution in [3.8, 4) is 0 Å². The van der Waals surface area contributed by atoms with Crippen LogP contribution in [0.25, 0.3) is 0 Å². The van der Waals surface area contributed by atoms with Crippen molar-refractivity contribution in [2.75, 3.05) is 33.7 Å². The molecule has 1 unspecified atom stereocenters. The molecule has 0 aromatic rings. The van der Waals surface area contributed by atoms with Crippen molar-refractivity contribution in [3.63, 3.8) is 0 Å². The monoisotopic (exact) mass is 438 g/mol. The van der Waals surface area contributed by atoms with Gasteiger partial charge < -0.3 is 15.2 Å². The van der Waals surface area contributed by atoms with Crippen LogP contribution in [0.5, 0.6) is 0 Å². The Hall–Kier alpha value is -0.820. The molecule has 0 aliphatic rings. The largest absolute Gasteiger partial charge is 0.633 e. The van der Waals surface area contributed by atoms with Gasteiger partial charge in [-0.2, -0.15) is 39.5 Å². The molecular weight excluding hydrogens is 414 g/mol. The number of nitrogens with zero attached hydrogens (tertiary/aromatic N) is 1. The highest BCUT2D eigenvalue weighted by Gasteiger charge is 2.73. The standard InChI is InChI=1S/C15H24F10N2O/c1-27(2,28)9-5-8-26-7-4-3-6-11(13(17,18)19)10-12(16,14(20,21)22)15(23,24)25/h11,26H,3-10H2,1-2H3. The molecule has 0 saturated carbocycles. The predicted octanol–water partition coefficient (Wildman–Crippen LogP) is 5.11. The van der Waals surface area contributed by atoms with Gasteiger partial charge in [-0.25, -0.2) is 4.39 Å². The molecule has 0 fully saturated rings. The molecule has 0 aliphatic heterocycles. The lowest BCUT2D eigenvalue weighted by molar-refractivity contribution is -0.840. The second-order valence-corrected chi connectivity index (χ2v) is 7.14. The topological polar surface area (TPSA) is 35.1 Å². The van der Waals surface area contributed by atoms with E-state index in [1.165, 1.54) is 14.1 Å². The molecule has 0 amide bonds. The number of unbranched alkanes of at least 4 members (excludes halogenated alkanes) is 1. The highest BCUT2D eigenvalue weighted by Crippen LogP contribution is 2.52. The van der Waals surface area contributed by atoms with Crippen LogP contribution < -0.4 is 5.32 Å². The maximum atomic E-state index is 13.6. The van der Waals surface area contributed by atoms with Crippen LogP contribution in [0.2, 0.25) is 0 Å². The molecule has 3 nitrogen and oxygen atoms in total. The Kier molecular flexibility index (Phi) is 9.50. The second-order valence-electron chi connectivity index (χ2n) is 7.14. The first-order valence-corrected chi connectivity index (χ1v) is 8.45. The van der Waals surface area contributed by atoms with Gasteiger partial charge in [0.15, 0.2) is 0 Å². The van der Waals surface area contributed by atoms with Crippen molar-refractivity contribution >= 4 is 0 Å². The van der Waals surface area contributed by atoms with Crippen LogP contribution in [0, 0.1) is 11.1 Å². The molecule has 0 bridgehead atoms. The van der Waals surface area contributed by atoms with Gasteiger partial charge in [-0.15, -0.1) is 0 Å². The third-order valence-electron chi connectivity index (χ3n) is 4.10. The van der Waals surface area contributed by atoms with Crippen LogP contribution in [-0.4, -0.2) is 62.6 Å². The van der Waals surface area contributed by atoms with Crippen molar-refractivity contribution < 1.29 is 48.6 Å². The summed E-state index contributed by atoms with van der Waals surface area (Å²) in [7, 11) is 2.84.